The Balaban J connectivity index is 0.000000433. The Hall–Kier alpha value is -4.90. The number of anilines is 2. The van der Waals surface area contributed by atoms with Crippen molar-refractivity contribution >= 4 is 54.0 Å². The summed E-state index contributed by atoms with van der Waals surface area (Å²) in [6.45, 7) is 2.80. The van der Waals surface area contributed by atoms with Crippen molar-refractivity contribution in [3.8, 4) is 17.1 Å². The molecular weight excluding hydrogens is 735 g/mol. The first-order valence-corrected chi connectivity index (χ1v) is 19.3. The van der Waals surface area contributed by atoms with Crippen molar-refractivity contribution < 1.29 is 40.4 Å². The van der Waals surface area contributed by atoms with E-state index in [2.05, 4.69) is 20.6 Å². The molecule has 0 radical (unpaired) electrons. The molecule has 0 aliphatic carbocycles. The van der Waals surface area contributed by atoms with Crippen LogP contribution in [0, 0.1) is 12.7 Å². The van der Waals surface area contributed by atoms with Crippen molar-refractivity contribution in [1.82, 2.24) is 15.3 Å². The lowest BCUT2D eigenvalue weighted by atomic mass is 10.1. The predicted molar refractivity (Wildman–Crippen MR) is 199 cm³/mol. The number of aromatic nitrogens is 2. The normalized spacial score (nSPS) is 11.3. The number of fused-ring (bicyclic) bond motifs is 1. The van der Waals surface area contributed by atoms with E-state index in [-0.39, 0.29) is 28.5 Å². The van der Waals surface area contributed by atoms with Crippen molar-refractivity contribution in [3.05, 3.63) is 131 Å². The van der Waals surface area contributed by atoms with Gasteiger partial charge in [0.15, 0.2) is 0 Å². The Bertz CT molecular complexity index is 2360. The van der Waals surface area contributed by atoms with Gasteiger partial charge in [-0.25, -0.2) is 22.8 Å². The average molecular weight is 771 g/mol. The molecule has 0 aliphatic rings. The van der Waals surface area contributed by atoms with Crippen LogP contribution in [-0.2, 0) is 33.1 Å². The summed E-state index contributed by atoms with van der Waals surface area (Å²) < 4.78 is 77.3. The van der Waals surface area contributed by atoms with Gasteiger partial charge in [0, 0.05) is 29.4 Å². The summed E-state index contributed by atoms with van der Waals surface area (Å²) in [5, 5.41) is 7.56. The van der Waals surface area contributed by atoms with Crippen LogP contribution in [0.3, 0.4) is 0 Å². The lowest BCUT2D eigenvalue weighted by molar-refractivity contribution is 0.306. The highest BCUT2D eigenvalue weighted by atomic mass is 35.5. The van der Waals surface area contributed by atoms with Gasteiger partial charge in [-0.3, -0.25) is 4.55 Å². The number of sulfone groups is 1. The molecule has 0 saturated heterocycles. The molecule has 274 valence electrons. The molecule has 0 spiro atoms. The highest BCUT2D eigenvalue weighted by Gasteiger charge is 2.12. The topological polar surface area (TPSA) is 192 Å². The van der Waals surface area contributed by atoms with Crippen molar-refractivity contribution in [2.24, 2.45) is 0 Å². The number of rotatable bonds is 12. The molecular formula is C36H36ClFN4O8S2. The first-order valence-electron chi connectivity index (χ1n) is 15.4. The van der Waals surface area contributed by atoms with E-state index >= 15 is 0 Å². The smallest absolute Gasteiger partial charge is 0.294 e. The van der Waals surface area contributed by atoms with E-state index in [1.165, 1.54) is 36.8 Å². The van der Waals surface area contributed by atoms with Crippen LogP contribution >= 0.6 is 11.6 Å². The number of hydrogen-bond acceptors (Lipinski definition) is 10. The zero-order chi connectivity index (χ0) is 36.6. The molecule has 5 N–H and O–H groups in total. The maximum Gasteiger partial charge on any atom is 0.294 e. The maximum atomic E-state index is 13.4. The molecule has 0 amide bonds. The van der Waals surface area contributed by atoms with Crippen LogP contribution in [0.25, 0.3) is 22.2 Å². The van der Waals surface area contributed by atoms with Gasteiger partial charge in [-0.05, 0) is 85.3 Å². The number of halogens is 2. The molecule has 2 aromatic heterocycles. The Labute approximate surface area is 305 Å². The van der Waals surface area contributed by atoms with E-state index in [1.807, 2.05) is 43.3 Å². The highest BCUT2D eigenvalue weighted by molar-refractivity contribution is 7.90. The molecule has 52 heavy (non-hydrogen) atoms. The van der Waals surface area contributed by atoms with Gasteiger partial charge in [0.05, 0.1) is 27.7 Å². The van der Waals surface area contributed by atoms with E-state index < -0.39 is 20.0 Å². The fourth-order valence-corrected chi connectivity index (χ4v) is 5.97. The number of nitrogens with zero attached hydrogens (tertiary/aromatic N) is 2. The fraction of sp³-hybridized carbons (Fsp3) is 0.167. The zero-order valence-corrected chi connectivity index (χ0v) is 30.4. The second-order valence-electron chi connectivity index (χ2n) is 11.5. The minimum absolute atomic E-state index is 0. The van der Waals surface area contributed by atoms with Crippen LogP contribution in [0.15, 0.2) is 113 Å². The van der Waals surface area contributed by atoms with E-state index in [9.17, 15) is 21.2 Å². The van der Waals surface area contributed by atoms with Crippen LogP contribution in [0.4, 0.5) is 15.9 Å². The lowest BCUT2D eigenvalue weighted by Crippen LogP contribution is -2.21. The van der Waals surface area contributed by atoms with Gasteiger partial charge in [0.1, 0.15) is 51.7 Å². The monoisotopic (exact) mass is 770 g/mol. The van der Waals surface area contributed by atoms with E-state index in [4.69, 9.17) is 25.3 Å². The minimum Gasteiger partial charge on any atom is -0.487 e. The third kappa shape index (κ3) is 11.6. The molecule has 0 saturated carbocycles. The van der Waals surface area contributed by atoms with Crippen LogP contribution in [-0.4, -0.2) is 55.4 Å². The molecule has 4 aromatic carbocycles. The molecule has 0 fully saturated rings. The largest absolute Gasteiger partial charge is 0.487 e. The summed E-state index contributed by atoms with van der Waals surface area (Å²) in [4.78, 5) is 8.73. The summed E-state index contributed by atoms with van der Waals surface area (Å²) in [5.74, 6) is 2.17. The molecule has 6 aromatic rings. The zero-order valence-electron chi connectivity index (χ0n) is 28.0. The van der Waals surface area contributed by atoms with Crippen molar-refractivity contribution in [3.63, 3.8) is 0 Å². The molecule has 0 unspecified atom stereocenters. The summed E-state index contributed by atoms with van der Waals surface area (Å²) in [6, 6.07) is 27.0. The first kappa shape index (κ1) is 39.9. The van der Waals surface area contributed by atoms with E-state index in [0.717, 1.165) is 22.0 Å². The van der Waals surface area contributed by atoms with Gasteiger partial charge in [0.25, 0.3) is 10.1 Å². The number of furan rings is 1. The molecule has 0 aliphatic heterocycles. The second-order valence-corrected chi connectivity index (χ2v) is 15.6. The molecule has 2 heterocycles. The summed E-state index contributed by atoms with van der Waals surface area (Å²) in [7, 11) is -7.04. The van der Waals surface area contributed by atoms with Crippen LogP contribution < -0.4 is 15.4 Å². The van der Waals surface area contributed by atoms with Crippen molar-refractivity contribution in [2.45, 2.75) is 25.0 Å². The number of hydrogen-bond donors (Lipinski definition) is 3. The third-order valence-corrected chi connectivity index (χ3v) is 9.44. The van der Waals surface area contributed by atoms with Crippen LogP contribution in [0.1, 0.15) is 16.9 Å². The standard InChI is InChI=1S/C29H26ClFN4O4S.C7H8O3S.H2O/c1-40(36,37)12-11-32-16-23-7-10-27(39-23)20-5-8-26-24(14-20)29(34-18-33-26)35-22-6-9-28(25(30)15-22)38-17-19-3-2-4-21(31)13-19;1-6-2-4-7(5-3-6)11(8,9)10;/h2-10,13-15,18,32H,11-12,16-17H2,1H3,(H,33,34,35);2-5H,1H3,(H,8,9,10);1H2. The minimum atomic E-state index is -4.02. The molecule has 0 atom stereocenters. The number of benzene rings is 4. The van der Waals surface area contributed by atoms with Crippen LogP contribution in [0.5, 0.6) is 5.75 Å². The second kappa shape index (κ2) is 17.5. The Morgan fingerprint density at radius 2 is 1.69 bits per heavy atom. The maximum absolute atomic E-state index is 13.4. The van der Waals surface area contributed by atoms with E-state index in [1.54, 1.807) is 36.4 Å². The van der Waals surface area contributed by atoms with Gasteiger partial charge in [-0.1, -0.05) is 41.4 Å². The number of nitrogens with one attached hydrogen (secondary N) is 2. The van der Waals surface area contributed by atoms with E-state index in [0.29, 0.717) is 52.5 Å². The quantitative estimate of drug-likeness (QED) is 0.0902. The van der Waals surface area contributed by atoms with Gasteiger partial charge in [0.2, 0.25) is 0 Å². The van der Waals surface area contributed by atoms with Gasteiger partial charge in [-0.15, -0.1) is 0 Å². The number of aryl methyl sites for hydroxylation is 1. The molecule has 12 nitrogen and oxygen atoms in total. The fourth-order valence-electron chi connectivity index (χ4n) is 4.74. The summed E-state index contributed by atoms with van der Waals surface area (Å²) in [5.41, 5.74) is 3.95. The first-order chi connectivity index (χ1) is 24.2. The highest BCUT2D eigenvalue weighted by Crippen LogP contribution is 2.33. The predicted octanol–water partition coefficient (Wildman–Crippen LogP) is 6.56. The summed E-state index contributed by atoms with van der Waals surface area (Å²) in [6.07, 6.45) is 2.69. The van der Waals surface area contributed by atoms with Gasteiger partial charge in [-0.2, -0.15) is 8.42 Å². The van der Waals surface area contributed by atoms with Crippen molar-refractivity contribution in [1.29, 1.82) is 0 Å². The molecule has 16 heteroatoms. The lowest BCUT2D eigenvalue weighted by Gasteiger charge is -2.12. The Kier molecular flexibility index (Phi) is 13.5. The van der Waals surface area contributed by atoms with Gasteiger partial charge >= 0.3 is 0 Å². The van der Waals surface area contributed by atoms with Crippen LogP contribution in [0.2, 0.25) is 5.02 Å². The van der Waals surface area contributed by atoms with Crippen molar-refractivity contribution in [2.75, 3.05) is 23.9 Å². The average Bonchev–Trinajstić information content (AvgIpc) is 3.55. The molecule has 0 bridgehead atoms. The summed E-state index contributed by atoms with van der Waals surface area (Å²) >= 11 is 6.47. The SMILES string of the molecule is CS(=O)(=O)CCNCc1ccc(-c2ccc3ncnc(Nc4ccc(OCc5cccc(F)c5)c(Cl)c4)c3c2)o1.Cc1ccc(S(=O)(=O)O)cc1.O. The third-order valence-electron chi connectivity index (χ3n) is 7.33. The Morgan fingerprint density at radius 3 is 2.38 bits per heavy atom. The molecule has 6 rings (SSSR count). The Morgan fingerprint density at radius 1 is 0.923 bits per heavy atom. The number of ether oxygens (including phenoxy) is 1. The van der Waals surface area contributed by atoms with Gasteiger partial charge < -0.3 is 25.3 Å².